The molecule has 0 aromatic heterocycles. The average Bonchev–Trinajstić information content (AvgIpc) is 3.03. The van der Waals surface area contributed by atoms with Gasteiger partial charge in [0.25, 0.3) is 0 Å². The van der Waals surface area contributed by atoms with Crippen molar-refractivity contribution in [2.75, 3.05) is 6.54 Å². The van der Waals surface area contributed by atoms with Crippen LogP contribution in [-0.4, -0.2) is 20.5 Å². The molecule has 0 aliphatic heterocycles. The molecule has 2 N–H and O–H groups in total. The summed E-state index contributed by atoms with van der Waals surface area (Å²) >= 11 is 0. The van der Waals surface area contributed by atoms with Gasteiger partial charge in [0.05, 0.1) is 4.90 Å². The fraction of sp³-hybridized carbons (Fsp3) is 0.538. The second kappa shape index (κ2) is 4.99. The Kier molecular flexibility index (Phi) is 3.75. The van der Waals surface area contributed by atoms with E-state index < -0.39 is 10.0 Å². The van der Waals surface area contributed by atoms with E-state index >= 15 is 0 Å². The van der Waals surface area contributed by atoms with Crippen LogP contribution in [0, 0.1) is 0 Å². The fourth-order valence-corrected chi connectivity index (χ4v) is 3.55. The van der Waals surface area contributed by atoms with Gasteiger partial charge in [-0.15, -0.1) is 0 Å². The zero-order chi connectivity index (χ0) is 13.2. The van der Waals surface area contributed by atoms with Crippen LogP contribution >= 0.6 is 0 Å². The Morgan fingerprint density at radius 2 is 1.94 bits per heavy atom. The van der Waals surface area contributed by atoms with Crippen LogP contribution in [0.2, 0.25) is 0 Å². The summed E-state index contributed by atoms with van der Waals surface area (Å²) in [6, 6.07) is 7.15. The monoisotopic (exact) mass is 268 g/mol. The van der Waals surface area contributed by atoms with Gasteiger partial charge in [-0.1, -0.05) is 25.1 Å². The lowest BCUT2D eigenvalue weighted by Crippen LogP contribution is -2.35. The molecule has 100 valence electrons. The standard InChI is InChI=1S/C13H20N2O2S/c1-3-14-10-11-6-4-5-7-12(11)18(16,17)15-13(2)8-9-13/h4-7,14-15H,3,8-10H2,1-2H3. The number of nitrogens with one attached hydrogen (secondary N) is 2. The van der Waals surface area contributed by atoms with E-state index in [1.807, 2.05) is 26.0 Å². The van der Waals surface area contributed by atoms with Gasteiger partial charge in [0.1, 0.15) is 0 Å². The van der Waals surface area contributed by atoms with Crippen LogP contribution in [-0.2, 0) is 16.6 Å². The highest BCUT2D eigenvalue weighted by atomic mass is 32.2. The smallest absolute Gasteiger partial charge is 0.241 e. The van der Waals surface area contributed by atoms with Crippen LogP contribution in [0.5, 0.6) is 0 Å². The van der Waals surface area contributed by atoms with Crippen LogP contribution in [0.1, 0.15) is 32.3 Å². The zero-order valence-electron chi connectivity index (χ0n) is 10.9. The van der Waals surface area contributed by atoms with E-state index in [9.17, 15) is 8.42 Å². The molecule has 1 saturated carbocycles. The molecule has 1 aromatic carbocycles. The van der Waals surface area contributed by atoms with Crippen molar-refractivity contribution in [3.8, 4) is 0 Å². The van der Waals surface area contributed by atoms with E-state index in [0.29, 0.717) is 11.4 Å². The maximum Gasteiger partial charge on any atom is 0.241 e. The minimum atomic E-state index is -3.41. The molecule has 2 rings (SSSR count). The third-order valence-corrected chi connectivity index (χ3v) is 4.95. The molecule has 0 unspecified atom stereocenters. The van der Waals surface area contributed by atoms with Gasteiger partial charge in [0, 0.05) is 12.1 Å². The fourth-order valence-electron chi connectivity index (χ4n) is 1.84. The summed E-state index contributed by atoms with van der Waals surface area (Å²) in [6.07, 6.45) is 1.84. The number of hydrogen-bond donors (Lipinski definition) is 2. The third kappa shape index (κ3) is 3.10. The first-order chi connectivity index (χ1) is 8.47. The topological polar surface area (TPSA) is 58.2 Å². The van der Waals surface area contributed by atoms with Crippen LogP contribution < -0.4 is 10.0 Å². The van der Waals surface area contributed by atoms with Gasteiger partial charge < -0.3 is 5.32 Å². The molecule has 1 aromatic rings. The Morgan fingerprint density at radius 3 is 2.56 bits per heavy atom. The van der Waals surface area contributed by atoms with Crippen molar-refractivity contribution in [1.29, 1.82) is 0 Å². The highest BCUT2D eigenvalue weighted by Crippen LogP contribution is 2.36. The highest BCUT2D eigenvalue weighted by Gasteiger charge is 2.41. The quantitative estimate of drug-likeness (QED) is 0.824. The summed E-state index contributed by atoms with van der Waals surface area (Å²) < 4.78 is 27.4. The van der Waals surface area contributed by atoms with Crippen LogP contribution in [0.3, 0.4) is 0 Å². The SMILES string of the molecule is CCNCc1ccccc1S(=O)(=O)NC1(C)CC1. The van der Waals surface area contributed by atoms with E-state index in [1.54, 1.807) is 12.1 Å². The molecule has 0 radical (unpaired) electrons. The second-order valence-corrected chi connectivity index (χ2v) is 6.71. The van der Waals surface area contributed by atoms with Crippen molar-refractivity contribution in [2.24, 2.45) is 0 Å². The maximum atomic E-state index is 12.3. The molecule has 0 bridgehead atoms. The van der Waals surface area contributed by atoms with Crippen LogP contribution in [0.4, 0.5) is 0 Å². The number of hydrogen-bond acceptors (Lipinski definition) is 3. The van der Waals surface area contributed by atoms with E-state index in [2.05, 4.69) is 10.0 Å². The molecule has 0 amide bonds. The first kappa shape index (κ1) is 13.5. The number of rotatable bonds is 6. The Hall–Kier alpha value is -0.910. The molecule has 0 atom stereocenters. The molecule has 0 saturated heterocycles. The predicted molar refractivity (Wildman–Crippen MR) is 71.8 cm³/mol. The predicted octanol–water partition coefficient (Wildman–Crippen LogP) is 1.63. The molecule has 1 aliphatic carbocycles. The number of sulfonamides is 1. The van der Waals surface area contributed by atoms with E-state index in [4.69, 9.17) is 0 Å². The van der Waals surface area contributed by atoms with Gasteiger partial charge in [0.2, 0.25) is 10.0 Å². The lowest BCUT2D eigenvalue weighted by molar-refractivity contribution is 0.556. The summed E-state index contributed by atoms with van der Waals surface area (Å²) in [7, 11) is -3.41. The first-order valence-electron chi connectivity index (χ1n) is 6.29. The van der Waals surface area contributed by atoms with E-state index in [1.165, 1.54) is 0 Å². The third-order valence-electron chi connectivity index (χ3n) is 3.21. The molecule has 4 nitrogen and oxygen atoms in total. The molecular formula is C13H20N2O2S. The van der Waals surface area contributed by atoms with E-state index in [-0.39, 0.29) is 5.54 Å². The molecule has 5 heteroatoms. The summed E-state index contributed by atoms with van der Waals surface area (Å²) in [4.78, 5) is 0.388. The summed E-state index contributed by atoms with van der Waals surface area (Å²) in [6.45, 7) is 5.34. The van der Waals surface area contributed by atoms with Crippen molar-refractivity contribution in [2.45, 2.75) is 43.7 Å². The normalized spacial score (nSPS) is 17.7. The molecule has 1 aliphatic rings. The average molecular weight is 268 g/mol. The minimum Gasteiger partial charge on any atom is -0.313 e. The van der Waals surface area contributed by atoms with Gasteiger partial charge in [0.15, 0.2) is 0 Å². The van der Waals surface area contributed by atoms with Crippen molar-refractivity contribution in [3.63, 3.8) is 0 Å². The Labute approximate surface area is 109 Å². The molecule has 0 heterocycles. The van der Waals surface area contributed by atoms with Crippen molar-refractivity contribution < 1.29 is 8.42 Å². The Balaban J connectivity index is 2.25. The summed E-state index contributed by atoms with van der Waals surface area (Å²) in [5, 5.41) is 3.16. The summed E-state index contributed by atoms with van der Waals surface area (Å²) in [5.74, 6) is 0. The lowest BCUT2D eigenvalue weighted by atomic mass is 10.2. The Bertz CT molecular complexity index is 522. The zero-order valence-corrected chi connectivity index (χ0v) is 11.7. The molecule has 0 spiro atoms. The summed E-state index contributed by atoms with van der Waals surface area (Å²) in [5.41, 5.74) is 0.584. The van der Waals surface area contributed by atoms with Gasteiger partial charge in [-0.3, -0.25) is 0 Å². The highest BCUT2D eigenvalue weighted by molar-refractivity contribution is 7.89. The van der Waals surface area contributed by atoms with Crippen molar-refractivity contribution in [1.82, 2.24) is 10.0 Å². The van der Waals surface area contributed by atoms with Crippen LogP contribution in [0.15, 0.2) is 29.2 Å². The first-order valence-corrected chi connectivity index (χ1v) is 7.78. The number of benzene rings is 1. The second-order valence-electron chi connectivity index (χ2n) is 5.05. The van der Waals surface area contributed by atoms with E-state index in [0.717, 1.165) is 24.9 Å². The largest absolute Gasteiger partial charge is 0.313 e. The van der Waals surface area contributed by atoms with Crippen molar-refractivity contribution in [3.05, 3.63) is 29.8 Å². The van der Waals surface area contributed by atoms with Gasteiger partial charge in [-0.25, -0.2) is 13.1 Å². The van der Waals surface area contributed by atoms with Crippen LogP contribution in [0.25, 0.3) is 0 Å². The van der Waals surface area contributed by atoms with Gasteiger partial charge in [-0.2, -0.15) is 0 Å². The van der Waals surface area contributed by atoms with Gasteiger partial charge >= 0.3 is 0 Å². The Morgan fingerprint density at radius 1 is 1.28 bits per heavy atom. The maximum absolute atomic E-state index is 12.3. The van der Waals surface area contributed by atoms with Crippen molar-refractivity contribution >= 4 is 10.0 Å². The molecule has 18 heavy (non-hydrogen) atoms. The lowest BCUT2D eigenvalue weighted by Gasteiger charge is -2.15. The minimum absolute atomic E-state index is 0.232. The molecular weight excluding hydrogens is 248 g/mol. The molecule has 1 fully saturated rings. The van der Waals surface area contributed by atoms with Gasteiger partial charge in [-0.05, 0) is 37.9 Å².